The smallest absolute Gasteiger partial charge is 0.252 e. The van der Waals surface area contributed by atoms with Crippen LogP contribution in [0.15, 0.2) is 5.38 Å². The van der Waals surface area contributed by atoms with E-state index < -0.39 is 0 Å². The fourth-order valence-electron chi connectivity index (χ4n) is 2.53. The Hall–Kier alpha value is -1.36. The van der Waals surface area contributed by atoms with Crippen LogP contribution in [0.5, 0.6) is 0 Å². The van der Waals surface area contributed by atoms with Crippen molar-refractivity contribution in [3.05, 3.63) is 21.4 Å². The first-order valence-electron chi connectivity index (χ1n) is 7.64. The van der Waals surface area contributed by atoms with Crippen LogP contribution in [0.2, 0.25) is 0 Å². The monoisotopic (exact) mass is 308 g/mol. The second-order valence-electron chi connectivity index (χ2n) is 6.10. The zero-order valence-corrected chi connectivity index (χ0v) is 13.8. The summed E-state index contributed by atoms with van der Waals surface area (Å²) in [4.78, 5) is 25.0. The van der Waals surface area contributed by atoms with E-state index in [4.69, 9.17) is 0 Å². The molecule has 0 radical (unpaired) electrons. The normalized spacial score (nSPS) is 17.4. The lowest BCUT2D eigenvalue weighted by molar-refractivity contribution is -0.123. The van der Waals surface area contributed by atoms with Gasteiger partial charge in [0, 0.05) is 29.3 Å². The van der Waals surface area contributed by atoms with Crippen molar-refractivity contribution in [1.82, 2.24) is 10.6 Å². The molecule has 1 aliphatic rings. The Balaban J connectivity index is 1.83. The maximum atomic E-state index is 12.2. The van der Waals surface area contributed by atoms with Gasteiger partial charge in [-0.2, -0.15) is 0 Å². The van der Waals surface area contributed by atoms with Crippen molar-refractivity contribution in [2.75, 3.05) is 13.1 Å². The Morgan fingerprint density at radius 3 is 2.76 bits per heavy atom. The summed E-state index contributed by atoms with van der Waals surface area (Å²) in [6, 6.07) is 0. The van der Waals surface area contributed by atoms with Crippen molar-refractivity contribution >= 4 is 23.2 Å². The van der Waals surface area contributed by atoms with Crippen LogP contribution in [-0.2, 0) is 17.6 Å². The standard InChI is InChI=1S/C16H24N2O2S/c1-10(2)15(19)17-6-7-18-16(20)13-9-21-14-8-11(3)4-5-12(13)14/h9-11H,4-8H2,1-3H3,(H,17,19)(H,18,20)/t11-/m0/s1. The first kappa shape index (κ1) is 16.0. The van der Waals surface area contributed by atoms with Crippen LogP contribution >= 0.6 is 11.3 Å². The van der Waals surface area contributed by atoms with Gasteiger partial charge in [0.05, 0.1) is 5.56 Å². The fourth-order valence-corrected chi connectivity index (χ4v) is 3.77. The molecule has 2 rings (SSSR count). The van der Waals surface area contributed by atoms with Crippen LogP contribution in [0, 0.1) is 11.8 Å². The summed E-state index contributed by atoms with van der Waals surface area (Å²) >= 11 is 1.70. The first-order valence-corrected chi connectivity index (χ1v) is 8.52. The zero-order chi connectivity index (χ0) is 15.4. The van der Waals surface area contributed by atoms with E-state index in [0.717, 1.165) is 30.7 Å². The number of nitrogens with one attached hydrogen (secondary N) is 2. The predicted octanol–water partition coefficient (Wildman–Crippen LogP) is 2.37. The van der Waals surface area contributed by atoms with E-state index in [1.54, 1.807) is 11.3 Å². The van der Waals surface area contributed by atoms with Crippen molar-refractivity contribution in [2.24, 2.45) is 11.8 Å². The van der Waals surface area contributed by atoms with Crippen molar-refractivity contribution in [2.45, 2.75) is 40.0 Å². The van der Waals surface area contributed by atoms with Gasteiger partial charge in [-0.1, -0.05) is 20.8 Å². The Bertz CT molecular complexity index is 522. The van der Waals surface area contributed by atoms with E-state index in [2.05, 4.69) is 17.6 Å². The van der Waals surface area contributed by atoms with Crippen molar-refractivity contribution in [3.8, 4) is 0 Å². The van der Waals surface area contributed by atoms with E-state index in [1.807, 2.05) is 19.2 Å². The molecule has 0 spiro atoms. The van der Waals surface area contributed by atoms with Gasteiger partial charge in [-0.25, -0.2) is 0 Å². The number of fused-ring (bicyclic) bond motifs is 1. The van der Waals surface area contributed by atoms with Gasteiger partial charge in [-0.05, 0) is 30.7 Å². The molecule has 0 bridgehead atoms. The average molecular weight is 308 g/mol. The predicted molar refractivity (Wildman–Crippen MR) is 85.7 cm³/mol. The summed E-state index contributed by atoms with van der Waals surface area (Å²) in [6.45, 7) is 6.92. The third kappa shape index (κ3) is 4.06. The summed E-state index contributed by atoms with van der Waals surface area (Å²) < 4.78 is 0. The molecule has 1 aliphatic carbocycles. The van der Waals surface area contributed by atoms with E-state index in [-0.39, 0.29) is 17.7 Å². The molecule has 5 heteroatoms. The Kier molecular flexibility index (Phi) is 5.39. The highest BCUT2D eigenvalue weighted by Crippen LogP contribution is 2.32. The number of carbonyl (C=O) groups excluding carboxylic acids is 2. The molecular formula is C16H24N2O2S. The average Bonchev–Trinajstić information content (AvgIpc) is 2.85. The molecule has 116 valence electrons. The molecule has 0 saturated carbocycles. The molecule has 1 aromatic rings. The number of carbonyl (C=O) groups is 2. The summed E-state index contributed by atoms with van der Waals surface area (Å²) in [5.41, 5.74) is 2.07. The molecule has 1 atom stereocenters. The lowest BCUT2D eigenvalue weighted by Gasteiger charge is -2.18. The molecule has 21 heavy (non-hydrogen) atoms. The molecule has 4 nitrogen and oxygen atoms in total. The number of amides is 2. The highest BCUT2D eigenvalue weighted by atomic mass is 32.1. The zero-order valence-electron chi connectivity index (χ0n) is 13.0. The largest absolute Gasteiger partial charge is 0.354 e. The molecular weight excluding hydrogens is 284 g/mol. The third-order valence-electron chi connectivity index (χ3n) is 3.88. The minimum Gasteiger partial charge on any atom is -0.354 e. The number of rotatable bonds is 5. The van der Waals surface area contributed by atoms with E-state index >= 15 is 0 Å². The Morgan fingerprint density at radius 2 is 2.05 bits per heavy atom. The van der Waals surface area contributed by atoms with Gasteiger partial charge in [0.25, 0.3) is 5.91 Å². The summed E-state index contributed by atoms with van der Waals surface area (Å²) in [7, 11) is 0. The molecule has 2 N–H and O–H groups in total. The minimum absolute atomic E-state index is 0.0131. The van der Waals surface area contributed by atoms with E-state index in [9.17, 15) is 9.59 Å². The van der Waals surface area contributed by atoms with Crippen molar-refractivity contribution < 1.29 is 9.59 Å². The summed E-state index contributed by atoms with van der Waals surface area (Å²) in [6.07, 6.45) is 3.26. The molecule has 1 aromatic heterocycles. The maximum Gasteiger partial charge on any atom is 0.252 e. The molecule has 0 aliphatic heterocycles. The lowest BCUT2D eigenvalue weighted by Crippen LogP contribution is -2.36. The molecule has 2 amide bonds. The fraction of sp³-hybridized carbons (Fsp3) is 0.625. The lowest BCUT2D eigenvalue weighted by atomic mass is 9.88. The molecule has 0 fully saturated rings. The van der Waals surface area contributed by atoms with Gasteiger partial charge in [-0.15, -0.1) is 11.3 Å². The number of thiophene rings is 1. The van der Waals surface area contributed by atoms with Crippen molar-refractivity contribution in [3.63, 3.8) is 0 Å². The van der Waals surface area contributed by atoms with Gasteiger partial charge >= 0.3 is 0 Å². The van der Waals surface area contributed by atoms with Crippen LogP contribution in [0.4, 0.5) is 0 Å². The van der Waals surface area contributed by atoms with Gasteiger partial charge in [0.2, 0.25) is 5.91 Å². The third-order valence-corrected chi connectivity index (χ3v) is 4.93. The summed E-state index contributed by atoms with van der Waals surface area (Å²) in [5.74, 6) is 0.705. The SMILES string of the molecule is CC(C)C(=O)NCCNC(=O)c1csc2c1CC[C@H](C)C2. The van der Waals surface area contributed by atoms with Crippen LogP contribution in [0.1, 0.15) is 48.0 Å². The number of hydrogen-bond donors (Lipinski definition) is 2. The maximum absolute atomic E-state index is 12.2. The minimum atomic E-state index is -0.0217. The van der Waals surface area contributed by atoms with Crippen LogP contribution < -0.4 is 10.6 Å². The van der Waals surface area contributed by atoms with Crippen LogP contribution in [0.3, 0.4) is 0 Å². The van der Waals surface area contributed by atoms with Gasteiger partial charge in [-0.3, -0.25) is 9.59 Å². The second kappa shape index (κ2) is 7.07. The highest BCUT2D eigenvalue weighted by molar-refractivity contribution is 7.10. The Morgan fingerprint density at radius 1 is 1.33 bits per heavy atom. The van der Waals surface area contributed by atoms with Gasteiger partial charge in [0.1, 0.15) is 0 Å². The quantitative estimate of drug-likeness (QED) is 0.821. The Labute approximate surface area is 130 Å². The topological polar surface area (TPSA) is 58.2 Å². The molecule has 0 aromatic carbocycles. The molecule has 0 saturated heterocycles. The first-order chi connectivity index (χ1) is 9.99. The van der Waals surface area contributed by atoms with E-state index in [1.165, 1.54) is 10.4 Å². The summed E-state index contributed by atoms with van der Waals surface area (Å²) in [5, 5.41) is 7.67. The van der Waals surface area contributed by atoms with Crippen molar-refractivity contribution in [1.29, 1.82) is 0 Å². The van der Waals surface area contributed by atoms with Crippen LogP contribution in [0.25, 0.3) is 0 Å². The molecule has 1 heterocycles. The van der Waals surface area contributed by atoms with Gasteiger partial charge < -0.3 is 10.6 Å². The van der Waals surface area contributed by atoms with E-state index in [0.29, 0.717) is 13.1 Å². The number of hydrogen-bond acceptors (Lipinski definition) is 3. The second-order valence-corrected chi connectivity index (χ2v) is 7.06. The molecule has 0 unspecified atom stereocenters. The van der Waals surface area contributed by atoms with Crippen LogP contribution in [-0.4, -0.2) is 24.9 Å². The highest BCUT2D eigenvalue weighted by Gasteiger charge is 2.22. The van der Waals surface area contributed by atoms with Gasteiger partial charge in [0.15, 0.2) is 0 Å².